The summed E-state index contributed by atoms with van der Waals surface area (Å²) in [5.41, 5.74) is 4.70. The molecule has 0 bridgehead atoms. The van der Waals surface area contributed by atoms with E-state index in [1.54, 1.807) is 43.3 Å². The second-order valence-electron chi connectivity index (χ2n) is 5.44. The Hall–Kier alpha value is -2.37. The topological polar surface area (TPSA) is 70.6 Å². The second kappa shape index (κ2) is 8.65. The van der Waals surface area contributed by atoms with Crippen LogP contribution in [0.1, 0.15) is 29.3 Å². The molecule has 0 atom stereocenters. The molecule has 2 N–H and O–H groups in total. The van der Waals surface area contributed by atoms with Crippen molar-refractivity contribution in [1.82, 2.24) is 5.43 Å². The zero-order valence-electron chi connectivity index (χ0n) is 13.8. The van der Waals surface area contributed by atoms with Crippen molar-refractivity contribution < 1.29 is 9.59 Å². The van der Waals surface area contributed by atoms with Crippen LogP contribution in [-0.2, 0) is 4.79 Å². The molecule has 7 heteroatoms. The molecule has 2 amide bonds. The maximum atomic E-state index is 12.1. The minimum Gasteiger partial charge on any atom is -0.325 e. The summed E-state index contributed by atoms with van der Waals surface area (Å²) in [6.45, 7) is 3.48. The first-order chi connectivity index (χ1) is 11.9. The third kappa shape index (κ3) is 5.59. The van der Waals surface area contributed by atoms with Gasteiger partial charge in [0.15, 0.2) is 0 Å². The molecule has 2 aromatic carbocycles. The van der Waals surface area contributed by atoms with Crippen LogP contribution < -0.4 is 10.7 Å². The summed E-state index contributed by atoms with van der Waals surface area (Å²) < 4.78 is 0. The molecule has 5 nitrogen and oxygen atoms in total. The highest BCUT2D eigenvalue weighted by molar-refractivity contribution is 6.32. The molecule has 0 aliphatic heterocycles. The van der Waals surface area contributed by atoms with E-state index in [0.29, 0.717) is 27.0 Å². The molecule has 130 valence electrons. The minimum atomic E-state index is -0.395. The van der Waals surface area contributed by atoms with Crippen molar-refractivity contribution in [2.45, 2.75) is 20.3 Å². The highest BCUT2D eigenvalue weighted by Gasteiger charge is 2.09. The molecule has 0 fully saturated rings. The number of nitrogens with one attached hydrogen (secondary N) is 2. The van der Waals surface area contributed by atoms with Crippen LogP contribution in [0.3, 0.4) is 0 Å². The number of hydrogen-bond acceptors (Lipinski definition) is 3. The van der Waals surface area contributed by atoms with Gasteiger partial charge in [0.1, 0.15) is 0 Å². The van der Waals surface area contributed by atoms with Crippen LogP contribution in [-0.4, -0.2) is 17.5 Å². The SMILES string of the molecule is CC(CC(=O)Nc1cccc(Cl)c1C)=NNC(=O)c1cccc(Cl)c1. The number of hydrazone groups is 1. The van der Waals surface area contributed by atoms with Gasteiger partial charge in [0.2, 0.25) is 5.91 Å². The van der Waals surface area contributed by atoms with E-state index in [-0.39, 0.29) is 12.3 Å². The monoisotopic (exact) mass is 377 g/mol. The number of hydrogen-bond donors (Lipinski definition) is 2. The summed E-state index contributed by atoms with van der Waals surface area (Å²) >= 11 is 11.9. The van der Waals surface area contributed by atoms with Crippen LogP contribution in [0.2, 0.25) is 10.0 Å². The lowest BCUT2D eigenvalue weighted by atomic mass is 10.2. The molecule has 0 aliphatic carbocycles. The first-order valence-electron chi connectivity index (χ1n) is 7.51. The predicted octanol–water partition coefficient (Wildman–Crippen LogP) is 4.44. The summed E-state index contributed by atoms with van der Waals surface area (Å²) in [6.07, 6.45) is 0.0434. The van der Waals surface area contributed by atoms with Crippen molar-refractivity contribution in [2.24, 2.45) is 5.10 Å². The van der Waals surface area contributed by atoms with Crippen LogP contribution in [0.5, 0.6) is 0 Å². The molecule has 0 aliphatic rings. The van der Waals surface area contributed by atoms with E-state index < -0.39 is 5.91 Å². The zero-order chi connectivity index (χ0) is 18.4. The van der Waals surface area contributed by atoms with Crippen molar-refractivity contribution >= 4 is 46.4 Å². The second-order valence-corrected chi connectivity index (χ2v) is 6.28. The molecule has 0 aromatic heterocycles. The van der Waals surface area contributed by atoms with Crippen LogP contribution in [0.15, 0.2) is 47.6 Å². The van der Waals surface area contributed by atoms with E-state index in [0.717, 1.165) is 5.56 Å². The fraction of sp³-hybridized carbons (Fsp3) is 0.167. The summed E-state index contributed by atoms with van der Waals surface area (Å²) in [5, 5.41) is 7.76. The van der Waals surface area contributed by atoms with Crippen molar-refractivity contribution in [3.05, 3.63) is 63.6 Å². The van der Waals surface area contributed by atoms with Gasteiger partial charge in [0.25, 0.3) is 5.91 Å². The maximum Gasteiger partial charge on any atom is 0.271 e. The molecule has 0 spiro atoms. The van der Waals surface area contributed by atoms with Crippen LogP contribution in [0, 0.1) is 6.92 Å². The van der Waals surface area contributed by atoms with E-state index in [4.69, 9.17) is 23.2 Å². The molecule has 0 saturated heterocycles. The summed E-state index contributed by atoms with van der Waals surface area (Å²) in [4.78, 5) is 24.0. The third-order valence-electron chi connectivity index (χ3n) is 3.39. The Bertz CT molecular complexity index is 835. The first-order valence-corrected chi connectivity index (χ1v) is 8.26. The van der Waals surface area contributed by atoms with Crippen molar-refractivity contribution in [3.8, 4) is 0 Å². The van der Waals surface area contributed by atoms with Crippen LogP contribution >= 0.6 is 23.2 Å². The number of rotatable bonds is 5. The van der Waals surface area contributed by atoms with E-state index in [1.807, 2.05) is 6.92 Å². The number of carbonyl (C=O) groups is 2. The van der Waals surface area contributed by atoms with Gasteiger partial charge in [-0.2, -0.15) is 5.10 Å². The summed E-state index contributed by atoms with van der Waals surface area (Å²) in [6, 6.07) is 11.8. The maximum absolute atomic E-state index is 12.1. The number of anilines is 1. The molecule has 0 saturated carbocycles. The molecule has 0 radical (unpaired) electrons. The lowest BCUT2D eigenvalue weighted by Crippen LogP contribution is -2.21. The lowest BCUT2D eigenvalue weighted by molar-refractivity contribution is -0.115. The number of benzene rings is 2. The van der Waals surface area contributed by atoms with Crippen LogP contribution in [0.4, 0.5) is 5.69 Å². The smallest absolute Gasteiger partial charge is 0.271 e. The van der Waals surface area contributed by atoms with Gasteiger partial charge in [-0.05, 0) is 49.7 Å². The Morgan fingerprint density at radius 3 is 2.56 bits per heavy atom. The van der Waals surface area contributed by atoms with E-state index in [1.165, 1.54) is 6.07 Å². The van der Waals surface area contributed by atoms with Crippen molar-refractivity contribution in [3.63, 3.8) is 0 Å². The lowest BCUT2D eigenvalue weighted by Gasteiger charge is -2.09. The highest BCUT2D eigenvalue weighted by Crippen LogP contribution is 2.22. The molecule has 0 heterocycles. The Morgan fingerprint density at radius 2 is 1.84 bits per heavy atom. The molecule has 2 aromatic rings. The van der Waals surface area contributed by atoms with Gasteiger partial charge in [0, 0.05) is 27.0 Å². The Kier molecular flexibility index (Phi) is 6.56. The van der Waals surface area contributed by atoms with E-state index in [2.05, 4.69) is 15.8 Å². The summed E-state index contributed by atoms with van der Waals surface area (Å²) in [7, 11) is 0. The normalized spacial score (nSPS) is 11.1. The van der Waals surface area contributed by atoms with Crippen molar-refractivity contribution in [1.29, 1.82) is 0 Å². The zero-order valence-corrected chi connectivity index (χ0v) is 15.3. The quantitative estimate of drug-likeness (QED) is 0.597. The predicted molar refractivity (Wildman–Crippen MR) is 101 cm³/mol. The highest BCUT2D eigenvalue weighted by atomic mass is 35.5. The molecular weight excluding hydrogens is 361 g/mol. The van der Waals surface area contributed by atoms with E-state index >= 15 is 0 Å². The Labute approximate surface area is 156 Å². The summed E-state index contributed by atoms with van der Waals surface area (Å²) in [5.74, 6) is -0.642. The molecular formula is C18H17Cl2N3O2. The average Bonchev–Trinajstić information content (AvgIpc) is 2.56. The Morgan fingerprint density at radius 1 is 1.12 bits per heavy atom. The number of nitrogens with zero attached hydrogens (tertiary/aromatic N) is 1. The van der Waals surface area contributed by atoms with Gasteiger partial charge in [-0.1, -0.05) is 35.3 Å². The molecule has 0 unspecified atom stereocenters. The van der Waals surface area contributed by atoms with Gasteiger partial charge in [0.05, 0.1) is 6.42 Å². The van der Waals surface area contributed by atoms with Gasteiger partial charge < -0.3 is 5.32 Å². The average molecular weight is 378 g/mol. The third-order valence-corrected chi connectivity index (χ3v) is 4.04. The molecule has 2 rings (SSSR count). The van der Waals surface area contributed by atoms with Gasteiger partial charge in [-0.15, -0.1) is 0 Å². The number of carbonyl (C=O) groups excluding carboxylic acids is 2. The standard InChI is InChI=1S/C18H17Cl2N3O2/c1-11(22-23-18(25)13-5-3-6-14(19)10-13)9-17(24)21-16-8-4-7-15(20)12(16)2/h3-8,10H,9H2,1-2H3,(H,21,24)(H,23,25). The van der Waals surface area contributed by atoms with Crippen LogP contribution in [0.25, 0.3) is 0 Å². The van der Waals surface area contributed by atoms with Gasteiger partial charge >= 0.3 is 0 Å². The van der Waals surface area contributed by atoms with E-state index in [9.17, 15) is 9.59 Å². The number of halogens is 2. The van der Waals surface area contributed by atoms with Gasteiger partial charge in [-0.3, -0.25) is 9.59 Å². The molecule has 25 heavy (non-hydrogen) atoms. The van der Waals surface area contributed by atoms with Crippen molar-refractivity contribution in [2.75, 3.05) is 5.32 Å². The fourth-order valence-electron chi connectivity index (χ4n) is 2.05. The Balaban J connectivity index is 1.93. The minimum absolute atomic E-state index is 0.0434. The number of amides is 2. The van der Waals surface area contributed by atoms with Gasteiger partial charge in [-0.25, -0.2) is 5.43 Å². The fourth-order valence-corrected chi connectivity index (χ4v) is 2.41. The first kappa shape index (κ1) is 19.0. The largest absolute Gasteiger partial charge is 0.325 e.